The number of ether oxygens (including phenoxy) is 2. The standard InChI is InChI=1S/C58H39NO2/c1-57(2)47-23-10-6-19-41(47)45-29-27-39(32-51(45)57)59(38-18-14-17-37(31-38)36-15-4-3-5-16-36)40-28-30-53-54(33-40)61-56-35-52-46(34-55(56)60-53)44-22-9-13-26-50(44)58(52)48-24-11-7-20-42(48)43-21-8-12-25-49(43)58/h3-35H,1-2H3. The summed E-state index contributed by atoms with van der Waals surface area (Å²) in [6, 6.07) is 72.6. The topological polar surface area (TPSA) is 21.7 Å². The smallest absolute Gasteiger partial charge is 0.172 e. The molecule has 3 nitrogen and oxygen atoms in total. The Morgan fingerprint density at radius 1 is 0.311 bits per heavy atom. The Morgan fingerprint density at radius 3 is 1.51 bits per heavy atom. The van der Waals surface area contributed by atoms with Gasteiger partial charge in [0.1, 0.15) is 0 Å². The fourth-order valence-electron chi connectivity index (χ4n) is 11.0. The maximum absolute atomic E-state index is 7.03. The van der Waals surface area contributed by atoms with Crippen LogP contribution in [0, 0.1) is 0 Å². The highest BCUT2D eigenvalue weighted by atomic mass is 16.6. The van der Waals surface area contributed by atoms with Gasteiger partial charge in [0, 0.05) is 22.9 Å². The van der Waals surface area contributed by atoms with Crippen LogP contribution in [0.5, 0.6) is 23.0 Å². The first-order valence-electron chi connectivity index (χ1n) is 21.2. The van der Waals surface area contributed by atoms with Crippen molar-refractivity contribution in [2.45, 2.75) is 24.7 Å². The van der Waals surface area contributed by atoms with Crippen molar-refractivity contribution in [1.82, 2.24) is 0 Å². The van der Waals surface area contributed by atoms with Crippen LogP contribution < -0.4 is 14.4 Å². The molecule has 4 aliphatic rings. The van der Waals surface area contributed by atoms with Crippen molar-refractivity contribution >= 4 is 17.1 Å². The molecular formula is C58H39NO2. The predicted octanol–water partition coefficient (Wildman–Crippen LogP) is 15.4. The zero-order valence-corrected chi connectivity index (χ0v) is 33.8. The second-order valence-corrected chi connectivity index (χ2v) is 17.2. The van der Waals surface area contributed by atoms with E-state index in [0.717, 1.165) is 28.4 Å². The van der Waals surface area contributed by atoms with Crippen molar-refractivity contribution in [3.63, 3.8) is 0 Å². The van der Waals surface area contributed by atoms with Crippen molar-refractivity contribution in [3.05, 3.63) is 234 Å². The minimum absolute atomic E-state index is 0.145. The molecule has 1 heterocycles. The Kier molecular flexibility index (Phi) is 6.99. The summed E-state index contributed by atoms with van der Waals surface area (Å²) < 4.78 is 13.8. The Balaban J connectivity index is 0.960. The highest BCUT2D eigenvalue weighted by Crippen LogP contribution is 2.65. The van der Waals surface area contributed by atoms with Gasteiger partial charge in [0.25, 0.3) is 0 Å². The molecule has 0 bridgehead atoms. The number of fused-ring (bicyclic) bond motifs is 15. The molecule has 3 aliphatic carbocycles. The molecule has 0 N–H and O–H groups in total. The third kappa shape index (κ3) is 4.69. The monoisotopic (exact) mass is 781 g/mol. The molecule has 0 amide bonds. The van der Waals surface area contributed by atoms with Crippen molar-refractivity contribution in [1.29, 1.82) is 0 Å². The Labute approximate surface area is 355 Å². The van der Waals surface area contributed by atoms with E-state index in [-0.39, 0.29) is 5.41 Å². The highest BCUT2D eigenvalue weighted by Gasteiger charge is 2.52. The third-order valence-corrected chi connectivity index (χ3v) is 13.7. The number of anilines is 3. The first kappa shape index (κ1) is 34.3. The Hall–Kier alpha value is -7.62. The molecule has 0 aromatic heterocycles. The van der Waals surface area contributed by atoms with Crippen LogP contribution in [0.1, 0.15) is 47.2 Å². The summed E-state index contributed by atoms with van der Waals surface area (Å²) in [6.07, 6.45) is 0. The van der Waals surface area contributed by atoms with Gasteiger partial charge in [0.05, 0.1) is 11.1 Å². The zero-order chi connectivity index (χ0) is 40.5. The number of hydrogen-bond donors (Lipinski definition) is 0. The number of benzene rings is 9. The molecule has 13 rings (SSSR count). The van der Waals surface area contributed by atoms with E-state index >= 15 is 0 Å². The summed E-state index contributed by atoms with van der Waals surface area (Å²) in [6.45, 7) is 4.68. The van der Waals surface area contributed by atoms with Gasteiger partial charge in [0.2, 0.25) is 0 Å². The molecule has 0 radical (unpaired) electrons. The van der Waals surface area contributed by atoms with Gasteiger partial charge in [-0.05, 0) is 126 Å². The van der Waals surface area contributed by atoms with Crippen LogP contribution in [-0.4, -0.2) is 0 Å². The van der Waals surface area contributed by atoms with Gasteiger partial charge in [-0.15, -0.1) is 0 Å². The molecule has 0 fully saturated rings. The van der Waals surface area contributed by atoms with E-state index in [0.29, 0.717) is 17.2 Å². The summed E-state index contributed by atoms with van der Waals surface area (Å²) in [4.78, 5) is 2.35. The maximum atomic E-state index is 7.03. The van der Waals surface area contributed by atoms with E-state index in [4.69, 9.17) is 9.47 Å². The van der Waals surface area contributed by atoms with Crippen molar-refractivity contribution < 1.29 is 9.47 Å². The summed E-state index contributed by atoms with van der Waals surface area (Å²) >= 11 is 0. The predicted molar refractivity (Wildman–Crippen MR) is 247 cm³/mol. The van der Waals surface area contributed by atoms with E-state index in [1.54, 1.807) is 0 Å². The molecule has 0 saturated heterocycles. The Morgan fingerprint density at radius 2 is 0.803 bits per heavy atom. The fraction of sp³-hybridized carbons (Fsp3) is 0.0690. The van der Waals surface area contributed by atoms with Crippen LogP contribution in [0.3, 0.4) is 0 Å². The van der Waals surface area contributed by atoms with Gasteiger partial charge < -0.3 is 14.4 Å². The lowest BCUT2D eigenvalue weighted by Gasteiger charge is -2.31. The summed E-state index contributed by atoms with van der Waals surface area (Å²) in [5, 5.41) is 0. The molecule has 9 aromatic rings. The minimum Gasteiger partial charge on any atom is -0.449 e. The average molecular weight is 782 g/mol. The molecule has 61 heavy (non-hydrogen) atoms. The Bertz CT molecular complexity index is 3260. The van der Waals surface area contributed by atoms with E-state index in [1.807, 2.05) is 0 Å². The highest BCUT2D eigenvalue weighted by molar-refractivity contribution is 5.96. The van der Waals surface area contributed by atoms with Crippen molar-refractivity contribution in [2.75, 3.05) is 4.90 Å². The molecule has 1 spiro atoms. The van der Waals surface area contributed by atoms with Crippen molar-refractivity contribution in [2.24, 2.45) is 0 Å². The normalized spacial score (nSPS) is 14.6. The molecule has 3 heteroatoms. The lowest BCUT2D eigenvalue weighted by Crippen LogP contribution is -2.25. The lowest BCUT2D eigenvalue weighted by atomic mass is 9.70. The van der Waals surface area contributed by atoms with E-state index in [2.05, 4.69) is 219 Å². The zero-order valence-electron chi connectivity index (χ0n) is 33.8. The second kappa shape index (κ2) is 12.5. The molecule has 0 saturated carbocycles. The average Bonchev–Trinajstić information content (AvgIpc) is 3.86. The van der Waals surface area contributed by atoms with Crippen LogP contribution in [0.25, 0.3) is 44.5 Å². The first-order chi connectivity index (χ1) is 30.0. The minimum atomic E-state index is -0.471. The van der Waals surface area contributed by atoms with Gasteiger partial charge in [-0.1, -0.05) is 159 Å². The number of hydrogen-bond acceptors (Lipinski definition) is 3. The van der Waals surface area contributed by atoms with E-state index < -0.39 is 5.41 Å². The van der Waals surface area contributed by atoms with Crippen LogP contribution in [-0.2, 0) is 10.8 Å². The van der Waals surface area contributed by atoms with Crippen LogP contribution >= 0.6 is 0 Å². The van der Waals surface area contributed by atoms with Crippen LogP contribution in [0.4, 0.5) is 17.1 Å². The molecule has 0 unspecified atom stereocenters. The van der Waals surface area contributed by atoms with Gasteiger partial charge >= 0.3 is 0 Å². The van der Waals surface area contributed by atoms with Crippen LogP contribution in [0.2, 0.25) is 0 Å². The fourth-order valence-corrected chi connectivity index (χ4v) is 11.0. The number of nitrogens with zero attached hydrogens (tertiary/aromatic N) is 1. The summed E-state index contributed by atoms with van der Waals surface area (Å²) in [5.74, 6) is 2.81. The molecule has 9 aromatic carbocycles. The lowest BCUT2D eigenvalue weighted by molar-refractivity contribution is 0.359. The second-order valence-electron chi connectivity index (χ2n) is 17.2. The van der Waals surface area contributed by atoms with Crippen LogP contribution in [0.15, 0.2) is 200 Å². The SMILES string of the molecule is CC1(C)c2ccccc2-c2ccc(N(c3cccc(-c4ccccc4)c3)c3ccc4c(c3)Oc3cc5c(cc3O4)-c3ccccc3C53c4ccccc4-c4ccccc43)cc21. The quantitative estimate of drug-likeness (QED) is 0.177. The summed E-state index contributed by atoms with van der Waals surface area (Å²) in [7, 11) is 0. The van der Waals surface area contributed by atoms with Crippen molar-refractivity contribution in [3.8, 4) is 67.5 Å². The first-order valence-corrected chi connectivity index (χ1v) is 21.2. The van der Waals surface area contributed by atoms with Gasteiger partial charge in [-0.25, -0.2) is 0 Å². The van der Waals surface area contributed by atoms with E-state index in [1.165, 1.54) is 72.3 Å². The van der Waals surface area contributed by atoms with E-state index in [9.17, 15) is 0 Å². The largest absolute Gasteiger partial charge is 0.449 e. The maximum Gasteiger partial charge on any atom is 0.172 e. The molecule has 0 atom stereocenters. The van der Waals surface area contributed by atoms with Gasteiger partial charge in [-0.3, -0.25) is 0 Å². The summed E-state index contributed by atoms with van der Waals surface area (Å²) in [5.41, 5.74) is 20.2. The molecule has 288 valence electrons. The van der Waals surface area contributed by atoms with Gasteiger partial charge in [-0.2, -0.15) is 0 Å². The number of rotatable bonds is 4. The molecule has 1 aliphatic heterocycles. The van der Waals surface area contributed by atoms with Gasteiger partial charge in [0.15, 0.2) is 23.0 Å². The molecular weight excluding hydrogens is 743 g/mol. The third-order valence-electron chi connectivity index (χ3n) is 13.7.